The van der Waals surface area contributed by atoms with E-state index in [2.05, 4.69) is 23.8 Å². The normalized spacial score (nSPS) is 23.5. The topological polar surface area (TPSA) is 32.5 Å². The van der Waals surface area contributed by atoms with E-state index in [1.54, 1.807) is 12.1 Å². The molecule has 3 nitrogen and oxygen atoms in total. The molecule has 0 radical (unpaired) electrons. The second kappa shape index (κ2) is 7.16. The van der Waals surface area contributed by atoms with Gasteiger partial charge in [0.05, 0.1) is 0 Å². The van der Waals surface area contributed by atoms with Crippen LogP contribution < -0.4 is 5.73 Å². The van der Waals surface area contributed by atoms with E-state index in [4.69, 9.17) is 5.73 Å². The molecular weight excluding hydrogens is 253 g/mol. The Morgan fingerprint density at radius 3 is 2.80 bits per heavy atom. The Morgan fingerprint density at radius 1 is 1.35 bits per heavy atom. The molecule has 20 heavy (non-hydrogen) atoms. The molecule has 0 amide bonds. The summed E-state index contributed by atoms with van der Waals surface area (Å²) in [7, 11) is 2.17. The van der Waals surface area contributed by atoms with Crippen molar-refractivity contribution >= 4 is 0 Å². The van der Waals surface area contributed by atoms with Crippen LogP contribution in [0.2, 0.25) is 0 Å². The molecule has 0 spiro atoms. The number of nitrogens with zero attached hydrogens (tertiary/aromatic N) is 2. The van der Waals surface area contributed by atoms with Crippen molar-refractivity contribution in [1.29, 1.82) is 0 Å². The Labute approximate surface area is 121 Å². The maximum Gasteiger partial charge on any atom is 0.128 e. The van der Waals surface area contributed by atoms with Gasteiger partial charge >= 0.3 is 0 Å². The lowest BCUT2D eigenvalue weighted by atomic mass is 10.0. The molecule has 2 rings (SSSR count). The van der Waals surface area contributed by atoms with Crippen LogP contribution in [0, 0.1) is 5.82 Å². The van der Waals surface area contributed by atoms with Gasteiger partial charge in [-0.2, -0.15) is 0 Å². The molecular formula is C16H26FN3. The average molecular weight is 279 g/mol. The van der Waals surface area contributed by atoms with Gasteiger partial charge in [-0.05, 0) is 39.0 Å². The van der Waals surface area contributed by atoms with Gasteiger partial charge in [0.1, 0.15) is 5.82 Å². The van der Waals surface area contributed by atoms with Gasteiger partial charge in [-0.15, -0.1) is 0 Å². The Hall–Kier alpha value is -0.970. The second-order valence-electron chi connectivity index (χ2n) is 5.80. The zero-order valence-corrected chi connectivity index (χ0v) is 12.6. The van der Waals surface area contributed by atoms with Crippen LogP contribution in [-0.2, 0) is 0 Å². The van der Waals surface area contributed by atoms with Gasteiger partial charge in [-0.3, -0.25) is 4.90 Å². The lowest BCUT2D eigenvalue weighted by Gasteiger charge is -2.32. The molecule has 1 aromatic carbocycles. The number of halogens is 1. The van der Waals surface area contributed by atoms with Crippen molar-refractivity contribution in [2.75, 3.05) is 33.2 Å². The van der Waals surface area contributed by atoms with Gasteiger partial charge in [-0.25, -0.2) is 4.39 Å². The predicted octanol–water partition coefficient (Wildman–Crippen LogP) is 2.24. The maximum atomic E-state index is 13.8. The summed E-state index contributed by atoms with van der Waals surface area (Å²) in [5, 5.41) is 0. The summed E-state index contributed by atoms with van der Waals surface area (Å²) in [4.78, 5) is 4.81. The Kier molecular flexibility index (Phi) is 5.52. The smallest absolute Gasteiger partial charge is 0.128 e. The van der Waals surface area contributed by atoms with E-state index in [9.17, 15) is 4.39 Å². The summed E-state index contributed by atoms with van der Waals surface area (Å²) >= 11 is 0. The minimum Gasteiger partial charge on any atom is -0.323 e. The quantitative estimate of drug-likeness (QED) is 0.917. The largest absolute Gasteiger partial charge is 0.323 e. The maximum absolute atomic E-state index is 13.8. The first kappa shape index (κ1) is 15.4. The van der Waals surface area contributed by atoms with E-state index in [0.717, 1.165) is 39.0 Å². The molecule has 2 unspecified atom stereocenters. The molecule has 1 aliphatic heterocycles. The third kappa shape index (κ3) is 3.78. The highest BCUT2D eigenvalue weighted by Crippen LogP contribution is 2.19. The van der Waals surface area contributed by atoms with E-state index in [0.29, 0.717) is 11.6 Å². The highest BCUT2D eigenvalue weighted by atomic mass is 19.1. The fourth-order valence-electron chi connectivity index (χ4n) is 3.05. The van der Waals surface area contributed by atoms with Gasteiger partial charge in [0.25, 0.3) is 0 Å². The van der Waals surface area contributed by atoms with Crippen LogP contribution in [0.1, 0.15) is 31.4 Å². The Morgan fingerprint density at radius 2 is 2.10 bits per heavy atom. The first-order chi connectivity index (χ1) is 9.61. The highest BCUT2D eigenvalue weighted by Gasteiger charge is 2.24. The van der Waals surface area contributed by atoms with Crippen LogP contribution in [0.3, 0.4) is 0 Å². The molecule has 1 aliphatic rings. The van der Waals surface area contributed by atoms with Gasteiger partial charge in [0, 0.05) is 30.7 Å². The van der Waals surface area contributed by atoms with Crippen LogP contribution in [0.15, 0.2) is 24.3 Å². The van der Waals surface area contributed by atoms with E-state index in [1.807, 2.05) is 6.07 Å². The monoisotopic (exact) mass is 279 g/mol. The number of nitrogens with two attached hydrogens (primary N) is 1. The Balaban J connectivity index is 2.05. The summed E-state index contributed by atoms with van der Waals surface area (Å²) < 4.78 is 13.8. The van der Waals surface area contributed by atoms with Crippen LogP contribution in [0.25, 0.3) is 0 Å². The lowest BCUT2D eigenvalue weighted by Crippen LogP contribution is -2.43. The second-order valence-corrected chi connectivity index (χ2v) is 5.80. The Bertz CT molecular complexity index is 424. The van der Waals surface area contributed by atoms with Crippen molar-refractivity contribution in [1.82, 2.24) is 9.80 Å². The number of likely N-dealkylation sites (N-methyl/N-ethyl adjacent to an activating group) is 1. The van der Waals surface area contributed by atoms with Crippen molar-refractivity contribution in [3.8, 4) is 0 Å². The SMILES string of the molecule is CCC1CN(C)CCCN1CC(N)c1ccccc1F. The molecule has 2 N–H and O–H groups in total. The van der Waals surface area contributed by atoms with Crippen molar-refractivity contribution in [2.45, 2.75) is 31.8 Å². The third-order valence-corrected chi connectivity index (χ3v) is 4.23. The van der Waals surface area contributed by atoms with Crippen LogP contribution in [0.4, 0.5) is 4.39 Å². The summed E-state index contributed by atoms with van der Waals surface area (Å²) in [5.74, 6) is -0.194. The van der Waals surface area contributed by atoms with E-state index in [-0.39, 0.29) is 11.9 Å². The van der Waals surface area contributed by atoms with E-state index < -0.39 is 0 Å². The van der Waals surface area contributed by atoms with E-state index >= 15 is 0 Å². The summed E-state index contributed by atoms with van der Waals surface area (Å²) in [6, 6.07) is 7.11. The third-order valence-electron chi connectivity index (χ3n) is 4.23. The van der Waals surface area contributed by atoms with Crippen molar-refractivity contribution in [3.05, 3.63) is 35.6 Å². The van der Waals surface area contributed by atoms with Gasteiger partial charge in [-0.1, -0.05) is 25.1 Å². The number of benzene rings is 1. The zero-order valence-electron chi connectivity index (χ0n) is 12.6. The van der Waals surface area contributed by atoms with Crippen molar-refractivity contribution < 1.29 is 4.39 Å². The number of hydrogen-bond acceptors (Lipinski definition) is 3. The summed E-state index contributed by atoms with van der Waals surface area (Å²) in [6.07, 6.45) is 2.26. The number of hydrogen-bond donors (Lipinski definition) is 1. The molecule has 0 aliphatic carbocycles. The standard InChI is InChI=1S/C16H26FN3/c1-3-13-11-19(2)9-6-10-20(13)12-16(18)14-7-4-5-8-15(14)17/h4-5,7-8,13,16H,3,6,9-12,18H2,1-2H3. The zero-order chi connectivity index (χ0) is 14.5. The molecule has 1 heterocycles. The summed E-state index contributed by atoms with van der Waals surface area (Å²) in [5.41, 5.74) is 6.86. The predicted molar refractivity (Wildman–Crippen MR) is 81.1 cm³/mol. The average Bonchev–Trinajstić information content (AvgIpc) is 2.61. The first-order valence-electron chi connectivity index (χ1n) is 7.54. The van der Waals surface area contributed by atoms with Crippen LogP contribution in [-0.4, -0.2) is 49.1 Å². The first-order valence-corrected chi connectivity index (χ1v) is 7.54. The lowest BCUT2D eigenvalue weighted by molar-refractivity contribution is 0.173. The summed E-state index contributed by atoms with van der Waals surface area (Å²) in [6.45, 7) is 6.19. The number of rotatable bonds is 4. The molecule has 0 saturated carbocycles. The molecule has 1 saturated heterocycles. The molecule has 2 atom stereocenters. The molecule has 112 valence electrons. The fourth-order valence-corrected chi connectivity index (χ4v) is 3.05. The van der Waals surface area contributed by atoms with Gasteiger partial charge in [0.2, 0.25) is 0 Å². The van der Waals surface area contributed by atoms with Crippen molar-refractivity contribution in [3.63, 3.8) is 0 Å². The van der Waals surface area contributed by atoms with Gasteiger partial charge in [0.15, 0.2) is 0 Å². The van der Waals surface area contributed by atoms with Crippen LogP contribution in [0.5, 0.6) is 0 Å². The molecule has 0 aromatic heterocycles. The molecule has 4 heteroatoms. The molecule has 1 aromatic rings. The molecule has 1 fully saturated rings. The minimum absolute atomic E-state index is 0.194. The highest BCUT2D eigenvalue weighted by molar-refractivity contribution is 5.21. The minimum atomic E-state index is -0.256. The van der Waals surface area contributed by atoms with Gasteiger partial charge < -0.3 is 10.6 Å². The van der Waals surface area contributed by atoms with E-state index in [1.165, 1.54) is 6.07 Å². The molecule has 0 bridgehead atoms. The van der Waals surface area contributed by atoms with Crippen LogP contribution >= 0.6 is 0 Å². The fraction of sp³-hybridized carbons (Fsp3) is 0.625. The van der Waals surface area contributed by atoms with Crippen molar-refractivity contribution in [2.24, 2.45) is 5.73 Å².